The Labute approximate surface area is 140 Å². The number of urea groups is 1. The van der Waals surface area contributed by atoms with Crippen LogP contribution in [0.4, 0.5) is 22.0 Å². The van der Waals surface area contributed by atoms with Gasteiger partial charge in [-0.25, -0.2) is 9.78 Å². The third-order valence-electron chi connectivity index (χ3n) is 3.61. The Hall–Kier alpha value is -2.96. The zero-order valence-electron chi connectivity index (χ0n) is 13.6. The summed E-state index contributed by atoms with van der Waals surface area (Å²) in [7, 11) is 3.21. The maximum atomic E-state index is 11.7. The van der Waals surface area contributed by atoms with E-state index in [1.807, 2.05) is 18.2 Å². The number of anilines is 3. The van der Waals surface area contributed by atoms with Crippen LogP contribution < -0.4 is 25.4 Å². The smallest absolute Gasteiger partial charge is 0.320 e. The van der Waals surface area contributed by atoms with Crippen molar-refractivity contribution in [1.29, 1.82) is 0 Å². The summed E-state index contributed by atoms with van der Waals surface area (Å²) in [5.41, 5.74) is 1.58. The van der Waals surface area contributed by atoms with Gasteiger partial charge in [-0.2, -0.15) is 0 Å². The SMILES string of the molecule is COc1ccc(Nc2ccc(NC(=O)NC3CC3)nc2)c(OC)c1. The summed E-state index contributed by atoms with van der Waals surface area (Å²) >= 11 is 0. The largest absolute Gasteiger partial charge is 0.497 e. The van der Waals surface area contributed by atoms with Crippen molar-refractivity contribution in [2.45, 2.75) is 18.9 Å². The van der Waals surface area contributed by atoms with Gasteiger partial charge in [0.2, 0.25) is 0 Å². The van der Waals surface area contributed by atoms with Gasteiger partial charge in [0.05, 0.1) is 31.8 Å². The van der Waals surface area contributed by atoms with E-state index >= 15 is 0 Å². The summed E-state index contributed by atoms with van der Waals surface area (Å²) in [6.07, 6.45) is 3.75. The quantitative estimate of drug-likeness (QED) is 0.759. The molecule has 0 unspecified atom stereocenters. The summed E-state index contributed by atoms with van der Waals surface area (Å²) in [6.45, 7) is 0. The summed E-state index contributed by atoms with van der Waals surface area (Å²) < 4.78 is 10.5. The van der Waals surface area contributed by atoms with Gasteiger partial charge in [0, 0.05) is 12.1 Å². The van der Waals surface area contributed by atoms with Gasteiger partial charge in [0.1, 0.15) is 17.3 Å². The zero-order chi connectivity index (χ0) is 16.9. The fourth-order valence-corrected chi connectivity index (χ4v) is 2.16. The van der Waals surface area contributed by atoms with Crippen LogP contribution in [0.15, 0.2) is 36.5 Å². The van der Waals surface area contributed by atoms with Gasteiger partial charge in [0.15, 0.2) is 0 Å². The van der Waals surface area contributed by atoms with Crippen LogP contribution >= 0.6 is 0 Å². The van der Waals surface area contributed by atoms with Gasteiger partial charge in [-0.3, -0.25) is 5.32 Å². The second-order valence-electron chi connectivity index (χ2n) is 5.50. The number of nitrogens with zero attached hydrogens (tertiary/aromatic N) is 1. The number of rotatable bonds is 6. The van der Waals surface area contributed by atoms with Gasteiger partial charge in [-0.15, -0.1) is 0 Å². The Bertz CT molecular complexity index is 714. The Kier molecular flexibility index (Phi) is 4.69. The van der Waals surface area contributed by atoms with Crippen molar-refractivity contribution in [2.24, 2.45) is 0 Å². The molecule has 24 heavy (non-hydrogen) atoms. The molecule has 0 atom stereocenters. The van der Waals surface area contributed by atoms with Crippen LogP contribution in [0, 0.1) is 0 Å². The second-order valence-corrected chi connectivity index (χ2v) is 5.50. The standard InChI is InChI=1S/C17H20N4O3/c1-23-13-6-7-14(15(9-13)24-2)19-12-5-8-16(18-10-12)21-17(22)20-11-3-4-11/h5-11,19H,3-4H2,1-2H3,(H2,18,20,21,22). The van der Waals surface area contributed by atoms with E-state index < -0.39 is 0 Å². The fourth-order valence-electron chi connectivity index (χ4n) is 2.16. The summed E-state index contributed by atoms with van der Waals surface area (Å²) in [5.74, 6) is 1.89. The van der Waals surface area contributed by atoms with Crippen molar-refractivity contribution in [3.05, 3.63) is 36.5 Å². The molecule has 2 aromatic rings. The van der Waals surface area contributed by atoms with Crippen molar-refractivity contribution < 1.29 is 14.3 Å². The number of carbonyl (C=O) groups excluding carboxylic acids is 1. The number of amides is 2. The molecule has 1 aliphatic carbocycles. The summed E-state index contributed by atoms with van der Waals surface area (Å²) in [4.78, 5) is 15.9. The molecule has 0 spiro atoms. The highest BCUT2D eigenvalue weighted by Gasteiger charge is 2.23. The minimum atomic E-state index is -0.220. The lowest BCUT2D eigenvalue weighted by molar-refractivity contribution is 0.251. The molecule has 7 heteroatoms. The van der Waals surface area contributed by atoms with Crippen molar-refractivity contribution >= 4 is 23.2 Å². The fraction of sp³-hybridized carbons (Fsp3) is 0.294. The maximum absolute atomic E-state index is 11.7. The van der Waals surface area contributed by atoms with Crippen LogP contribution in [0.2, 0.25) is 0 Å². The Balaban J connectivity index is 1.64. The highest BCUT2D eigenvalue weighted by molar-refractivity contribution is 5.88. The topological polar surface area (TPSA) is 84.5 Å². The van der Waals surface area contributed by atoms with E-state index in [0.29, 0.717) is 17.6 Å². The molecule has 7 nitrogen and oxygen atoms in total. The van der Waals surface area contributed by atoms with Crippen LogP contribution in [0.25, 0.3) is 0 Å². The van der Waals surface area contributed by atoms with Crippen molar-refractivity contribution in [2.75, 3.05) is 24.9 Å². The average molecular weight is 328 g/mol. The molecule has 2 amide bonds. The van der Waals surface area contributed by atoms with Crippen molar-refractivity contribution in [3.8, 4) is 11.5 Å². The number of ether oxygens (including phenoxy) is 2. The molecule has 3 N–H and O–H groups in total. The number of benzene rings is 1. The van der Waals surface area contributed by atoms with Crippen LogP contribution in [0.3, 0.4) is 0 Å². The van der Waals surface area contributed by atoms with Gasteiger partial charge in [-0.05, 0) is 37.1 Å². The lowest BCUT2D eigenvalue weighted by Gasteiger charge is -2.13. The van der Waals surface area contributed by atoms with Crippen LogP contribution in [-0.2, 0) is 0 Å². The Morgan fingerprint density at radius 2 is 2.00 bits per heavy atom. The third-order valence-corrected chi connectivity index (χ3v) is 3.61. The lowest BCUT2D eigenvalue weighted by atomic mass is 10.2. The van der Waals surface area contributed by atoms with E-state index in [0.717, 1.165) is 30.0 Å². The number of carbonyl (C=O) groups is 1. The van der Waals surface area contributed by atoms with E-state index in [2.05, 4.69) is 20.9 Å². The zero-order valence-corrected chi connectivity index (χ0v) is 13.6. The van der Waals surface area contributed by atoms with E-state index in [9.17, 15) is 4.79 Å². The van der Waals surface area contributed by atoms with Crippen LogP contribution in [-0.4, -0.2) is 31.3 Å². The normalized spacial score (nSPS) is 13.1. The number of aromatic nitrogens is 1. The molecule has 1 aromatic heterocycles. The molecule has 1 fully saturated rings. The molecular formula is C17H20N4O3. The first-order valence-corrected chi connectivity index (χ1v) is 7.70. The molecule has 0 radical (unpaired) electrons. The minimum absolute atomic E-state index is 0.220. The van der Waals surface area contributed by atoms with E-state index in [4.69, 9.17) is 9.47 Å². The van der Waals surface area contributed by atoms with E-state index in [1.54, 1.807) is 32.5 Å². The molecular weight excluding hydrogens is 308 g/mol. The number of pyridine rings is 1. The number of nitrogens with one attached hydrogen (secondary N) is 3. The lowest BCUT2D eigenvalue weighted by Crippen LogP contribution is -2.30. The third kappa shape index (κ3) is 4.07. The highest BCUT2D eigenvalue weighted by atomic mass is 16.5. The molecule has 3 rings (SSSR count). The molecule has 1 heterocycles. The van der Waals surface area contributed by atoms with Gasteiger partial charge >= 0.3 is 6.03 Å². The van der Waals surface area contributed by atoms with Gasteiger partial charge in [-0.1, -0.05) is 0 Å². The van der Waals surface area contributed by atoms with Crippen molar-refractivity contribution in [3.63, 3.8) is 0 Å². The first-order chi connectivity index (χ1) is 11.7. The highest BCUT2D eigenvalue weighted by Crippen LogP contribution is 2.31. The van der Waals surface area contributed by atoms with E-state index in [1.165, 1.54) is 0 Å². The molecule has 1 saturated carbocycles. The van der Waals surface area contributed by atoms with E-state index in [-0.39, 0.29) is 6.03 Å². The molecule has 0 aliphatic heterocycles. The van der Waals surface area contributed by atoms with Gasteiger partial charge < -0.3 is 20.1 Å². The number of hydrogen-bond acceptors (Lipinski definition) is 5. The summed E-state index contributed by atoms with van der Waals surface area (Å²) in [6, 6.07) is 9.18. The average Bonchev–Trinajstić information content (AvgIpc) is 3.40. The van der Waals surface area contributed by atoms with Crippen LogP contribution in [0.1, 0.15) is 12.8 Å². The number of hydrogen-bond donors (Lipinski definition) is 3. The number of methoxy groups -OCH3 is 2. The first kappa shape index (κ1) is 15.9. The molecule has 1 aromatic carbocycles. The predicted molar refractivity (Wildman–Crippen MR) is 92.2 cm³/mol. The Morgan fingerprint density at radius 3 is 2.62 bits per heavy atom. The molecule has 126 valence electrons. The minimum Gasteiger partial charge on any atom is -0.497 e. The van der Waals surface area contributed by atoms with Crippen molar-refractivity contribution in [1.82, 2.24) is 10.3 Å². The first-order valence-electron chi connectivity index (χ1n) is 7.70. The summed E-state index contributed by atoms with van der Waals surface area (Å²) in [5, 5.41) is 8.79. The maximum Gasteiger partial charge on any atom is 0.320 e. The predicted octanol–water partition coefficient (Wildman–Crippen LogP) is 3.13. The molecule has 0 saturated heterocycles. The molecule has 0 bridgehead atoms. The van der Waals surface area contributed by atoms with Crippen LogP contribution in [0.5, 0.6) is 11.5 Å². The second kappa shape index (κ2) is 7.08. The van der Waals surface area contributed by atoms with Gasteiger partial charge in [0.25, 0.3) is 0 Å². The Morgan fingerprint density at radius 1 is 1.17 bits per heavy atom. The molecule has 1 aliphatic rings. The monoisotopic (exact) mass is 328 g/mol.